The molecule has 0 radical (unpaired) electrons. The zero-order valence-corrected chi connectivity index (χ0v) is 20.1. The molecule has 3 rings (SSSR count). The number of aldehydes is 1. The first kappa shape index (κ1) is 23.6. The summed E-state index contributed by atoms with van der Waals surface area (Å²) in [7, 11) is 3.42. The first-order valence-electron chi connectivity index (χ1n) is 10.1. The Kier molecular flexibility index (Phi) is 7.75. The molecule has 0 atom stereocenters. The number of alkyl halides is 1. The molecule has 32 heavy (non-hydrogen) atoms. The molecular formula is C25H25BrFN3O2. The summed E-state index contributed by atoms with van der Waals surface area (Å²) in [5.41, 5.74) is 6.34. The third kappa shape index (κ3) is 5.05. The molecule has 0 aliphatic heterocycles. The highest BCUT2D eigenvalue weighted by atomic mass is 79.9. The summed E-state index contributed by atoms with van der Waals surface area (Å²) in [6, 6.07) is 9.81. The minimum atomic E-state index is -0.549. The smallest absolute Gasteiger partial charge is 0.213 e. The number of benzene rings is 1. The predicted octanol–water partition coefficient (Wildman–Crippen LogP) is 6.08. The quantitative estimate of drug-likeness (QED) is 0.201. The monoisotopic (exact) mass is 497 g/mol. The van der Waals surface area contributed by atoms with E-state index in [-0.39, 0.29) is 5.57 Å². The van der Waals surface area contributed by atoms with Gasteiger partial charge in [-0.3, -0.25) is 9.80 Å². The summed E-state index contributed by atoms with van der Waals surface area (Å²) >= 11 is 3.61. The van der Waals surface area contributed by atoms with Crippen molar-refractivity contribution in [2.75, 3.05) is 19.2 Å². The number of ether oxygens (including phenoxy) is 1. The molecular weight excluding hydrogens is 473 g/mol. The van der Waals surface area contributed by atoms with E-state index >= 15 is 0 Å². The van der Waals surface area contributed by atoms with Gasteiger partial charge in [-0.05, 0) is 55.2 Å². The Morgan fingerprint density at radius 2 is 2.00 bits per heavy atom. The van der Waals surface area contributed by atoms with Crippen molar-refractivity contribution in [3.63, 3.8) is 0 Å². The third-order valence-corrected chi connectivity index (χ3v) is 5.85. The van der Waals surface area contributed by atoms with Gasteiger partial charge in [-0.2, -0.15) is 5.10 Å². The van der Waals surface area contributed by atoms with Crippen LogP contribution in [0, 0.1) is 6.92 Å². The Morgan fingerprint density at radius 1 is 1.22 bits per heavy atom. The number of halogens is 2. The van der Waals surface area contributed by atoms with Crippen LogP contribution in [0.2, 0.25) is 0 Å². The molecule has 0 bridgehead atoms. The normalized spacial score (nSPS) is 14.2. The summed E-state index contributed by atoms with van der Waals surface area (Å²) in [6.45, 7) is 3.84. The van der Waals surface area contributed by atoms with Crippen LogP contribution in [0.1, 0.15) is 24.6 Å². The highest BCUT2D eigenvalue weighted by molar-refractivity contribution is 9.08. The van der Waals surface area contributed by atoms with E-state index in [1.807, 2.05) is 51.2 Å². The second-order valence-corrected chi connectivity index (χ2v) is 8.01. The number of carbonyl (C=O) groups is 1. The van der Waals surface area contributed by atoms with Gasteiger partial charge in [0.15, 0.2) is 6.29 Å². The molecule has 0 saturated heterocycles. The Balaban J connectivity index is 2.00. The zero-order valence-electron chi connectivity index (χ0n) is 18.5. The zero-order chi connectivity index (χ0) is 23.3. The van der Waals surface area contributed by atoms with Crippen LogP contribution >= 0.6 is 15.9 Å². The molecule has 1 aromatic heterocycles. The van der Waals surface area contributed by atoms with Gasteiger partial charge in [-0.15, -0.1) is 0 Å². The number of carbonyl (C=O) groups excluding carboxylic acids is 1. The Bertz CT molecular complexity index is 1150. The van der Waals surface area contributed by atoms with Crippen molar-refractivity contribution in [1.82, 2.24) is 4.98 Å². The fraction of sp³-hybridized carbons (Fsp3) is 0.240. The minimum Gasteiger partial charge on any atom is -0.481 e. The maximum Gasteiger partial charge on any atom is 0.213 e. The maximum absolute atomic E-state index is 14.3. The summed E-state index contributed by atoms with van der Waals surface area (Å²) in [5.74, 6) is 0.0179. The van der Waals surface area contributed by atoms with Crippen molar-refractivity contribution in [2.24, 2.45) is 5.10 Å². The van der Waals surface area contributed by atoms with E-state index in [1.165, 1.54) is 6.08 Å². The fourth-order valence-corrected chi connectivity index (χ4v) is 4.18. The van der Waals surface area contributed by atoms with Crippen molar-refractivity contribution in [2.45, 2.75) is 25.6 Å². The van der Waals surface area contributed by atoms with E-state index in [0.717, 1.165) is 33.6 Å². The molecule has 0 fully saturated rings. The van der Waals surface area contributed by atoms with Gasteiger partial charge in [0.25, 0.3) is 0 Å². The Hall–Kier alpha value is -3.06. The van der Waals surface area contributed by atoms with Crippen LogP contribution < -0.4 is 9.75 Å². The van der Waals surface area contributed by atoms with Crippen molar-refractivity contribution in [3.8, 4) is 17.0 Å². The molecule has 0 amide bonds. The van der Waals surface area contributed by atoms with Crippen molar-refractivity contribution < 1.29 is 13.9 Å². The summed E-state index contributed by atoms with van der Waals surface area (Å²) < 4.78 is 19.5. The number of rotatable bonds is 7. The van der Waals surface area contributed by atoms with Crippen LogP contribution in [-0.2, 0) is 10.1 Å². The van der Waals surface area contributed by atoms with Crippen LogP contribution in [-0.4, -0.2) is 31.6 Å². The minimum absolute atomic E-state index is 0.0321. The second kappa shape index (κ2) is 10.5. The number of methoxy groups -OCH3 is 1. The van der Waals surface area contributed by atoms with Crippen molar-refractivity contribution in [3.05, 3.63) is 76.3 Å². The van der Waals surface area contributed by atoms with Gasteiger partial charge in [0.2, 0.25) is 5.88 Å². The lowest BCUT2D eigenvalue weighted by Gasteiger charge is -2.20. The fourth-order valence-electron chi connectivity index (χ4n) is 3.59. The lowest BCUT2D eigenvalue weighted by Crippen LogP contribution is -2.12. The number of hydrazone groups is 1. The van der Waals surface area contributed by atoms with Crippen LogP contribution in [0.3, 0.4) is 0 Å². The highest BCUT2D eigenvalue weighted by Gasteiger charge is 2.16. The van der Waals surface area contributed by atoms with Gasteiger partial charge in [-0.1, -0.05) is 39.7 Å². The van der Waals surface area contributed by atoms with Gasteiger partial charge >= 0.3 is 0 Å². The van der Waals surface area contributed by atoms with Crippen LogP contribution in [0.4, 0.5) is 10.1 Å². The average molecular weight is 498 g/mol. The van der Waals surface area contributed by atoms with E-state index in [1.54, 1.807) is 24.4 Å². The number of hydrogen-bond donors (Lipinski definition) is 0. The van der Waals surface area contributed by atoms with E-state index in [4.69, 9.17) is 4.74 Å². The van der Waals surface area contributed by atoms with Crippen LogP contribution in [0.25, 0.3) is 11.1 Å². The van der Waals surface area contributed by atoms with Crippen LogP contribution in [0.5, 0.6) is 5.88 Å². The van der Waals surface area contributed by atoms with E-state index < -0.39 is 5.83 Å². The highest BCUT2D eigenvalue weighted by Crippen LogP contribution is 2.35. The average Bonchev–Trinajstić information content (AvgIpc) is 2.94. The van der Waals surface area contributed by atoms with Gasteiger partial charge in [-0.25, -0.2) is 9.37 Å². The molecule has 1 heterocycles. The SMILES string of the molecule is COc1ccc(-c2cccc(N(C)/N=C\C3=C(C=O)C(F)=CC=C(C)C3)c2CBr)c(C)n1. The number of allylic oxidation sites excluding steroid dienone is 6. The first-order chi connectivity index (χ1) is 15.4. The van der Waals surface area contributed by atoms with E-state index in [9.17, 15) is 9.18 Å². The molecule has 2 aromatic rings. The van der Waals surface area contributed by atoms with Gasteiger partial charge in [0.1, 0.15) is 5.83 Å². The number of aryl methyl sites for hydroxylation is 1. The topological polar surface area (TPSA) is 54.8 Å². The molecule has 7 heteroatoms. The molecule has 1 aromatic carbocycles. The van der Waals surface area contributed by atoms with Crippen molar-refractivity contribution in [1.29, 1.82) is 0 Å². The standard InChI is InChI=1S/C25H25BrFN3O2/c1-16-8-10-23(27)22(15-31)18(12-16)14-28-30(3)24-7-5-6-20(21(24)13-26)19-9-11-25(32-4)29-17(19)2/h5-11,14-15H,12-13H2,1-4H3/b28-14-. The largest absolute Gasteiger partial charge is 0.481 e. The molecule has 0 N–H and O–H groups in total. The Labute approximate surface area is 196 Å². The number of anilines is 1. The summed E-state index contributed by atoms with van der Waals surface area (Å²) in [4.78, 5) is 16.0. The second-order valence-electron chi connectivity index (χ2n) is 7.45. The lowest BCUT2D eigenvalue weighted by molar-refractivity contribution is -0.104. The molecule has 1 aliphatic rings. The number of pyridine rings is 1. The molecule has 0 spiro atoms. The molecule has 166 valence electrons. The summed E-state index contributed by atoms with van der Waals surface area (Å²) in [5, 5.41) is 6.87. The van der Waals surface area contributed by atoms with Gasteiger partial charge in [0, 0.05) is 29.7 Å². The number of aromatic nitrogens is 1. The number of hydrogen-bond acceptors (Lipinski definition) is 5. The Morgan fingerprint density at radius 3 is 2.66 bits per heavy atom. The third-order valence-electron chi connectivity index (χ3n) is 5.28. The number of nitrogens with zero attached hydrogens (tertiary/aromatic N) is 3. The van der Waals surface area contributed by atoms with Crippen molar-refractivity contribution >= 4 is 34.1 Å². The van der Waals surface area contributed by atoms with E-state index in [2.05, 4.69) is 26.0 Å². The van der Waals surface area contributed by atoms with Gasteiger partial charge in [0.05, 0.1) is 24.6 Å². The van der Waals surface area contributed by atoms with Crippen LogP contribution in [0.15, 0.2) is 70.1 Å². The van der Waals surface area contributed by atoms with Gasteiger partial charge < -0.3 is 4.74 Å². The molecule has 5 nitrogen and oxygen atoms in total. The predicted molar refractivity (Wildman–Crippen MR) is 131 cm³/mol. The lowest BCUT2D eigenvalue weighted by atomic mass is 9.98. The molecule has 0 unspecified atom stereocenters. The summed E-state index contributed by atoms with van der Waals surface area (Å²) in [6.07, 6.45) is 5.56. The van der Waals surface area contributed by atoms with E-state index in [0.29, 0.717) is 29.5 Å². The molecule has 1 aliphatic carbocycles. The molecule has 0 saturated carbocycles. The first-order valence-corrected chi connectivity index (χ1v) is 11.2. The maximum atomic E-state index is 14.3.